The molecular formula is C6H7BrN2S3. The maximum atomic E-state index is 4.32. The Kier molecular flexibility index (Phi) is 3.34. The minimum Gasteiger partial charge on any atom is -0.211 e. The first-order valence-electron chi connectivity index (χ1n) is 3.55. The van der Waals surface area contributed by atoms with E-state index in [4.69, 9.17) is 0 Å². The Morgan fingerprint density at radius 1 is 1.42 bits per heavy atom. The highest BCUT2D eigenvalue weighted by atomic mass is 79.9. The Bertz CT molecular complexity index is 259. The lowest BCUT2D eigenvalue weighted by Crippen LogP contribution is -2.07. The minimum atomic E-state index is 0.520. The summed E-state index contributed by atoms with van der Waals surface area (Å²) in [5.74, 6) is 4.66. The van der Waals surface area contributed by atoms with Gasteiger partial charge in [-0.15, -0.1) is 11.8 Å². The molecule has 0 radical (unpaired) electrons. The molecule has 1 unspecified atom stereocenters. The van der Waals surface area contributed by atoms with E-state index in [2.05, 4.69) is 25.3 Å². The molecule has 1 fully saturated rings. The fourth-order valence-corrected chi connectivity index (χ4v) is 4.52. The molecule has 0 aromatic carbocycles. The highest BCUT2D eigenvalue weighted by Gasteiger charge is 2.20. The Hall–Kier alpha value is 0.740. The molecule has 1 aliphatic heterocycles. The van der Waals surface area contributed by atoms with Crippen LogP contribution in [-0.2, 0) is 0 Å². The molecule has 0 bridgehead atoms. The minimum absolute atomic E-state index is 0.520. The van der Waals surface area contributed by atoms with Crippen molar-refractivity contribution in [2.24, 2.45) is 0 Å². The van der Waals surface area contributed by atoms with Crippen molar-refractivity contribution in [2.75, 3.05) is 17.3 Å². The van der Waals surface area contributed by atoms with Crippen LogP contribution >= 0.6 is 51.0 Å². The number of thioether (sulfide) groups is 2. The highest BCUT2D eigenvalue weighted by Crippen LogP contribution is 2.36. The van der Waals surface area contributed by atoms with E-state index in [1.165, 1.54) is 23.0 Å². The summed E-state index contributed by atoms with van der Waals surface area (Å²) in [6.45, 7) is 0. The zero-order chi connectivity index (χ0) is 8.39. The van der Waals surface area contributed by atoms with Crippen molar-refractivity contribution >= 4 is 51.0 Å². The zero-order valence-corrected chi connectivity index (χ0v) is 10.2. The molecule has 2 heterocycles. The second-order valence-corrected chi connectivity index (χ2v) is 6.83. The van der Waals surface area contributed by atoms with Gasteiger partial charge in [0.2, 0.25) is 0 Å². The van der Waals surface area contributed by atoms with Crippen molar-refractivity contribution < 1.29 is 0 Å². The van der Waals surface area contributed by atoms with Crippen LogP contribution < -0.4 is 0 Å². The monoisotopic (exact) mass is 282 g/mol. The second kappa shape index (κ2) is 4.30. The molecule has 0 spiro atoms. The third-order valence-electron chi connectivity index (χ3n) is 1.52. The number of halogens is 1. The molecule has 66 valence electrons. The van der Waals surface area contributed by atoms with E-state index in [1.54, 1.807) is 0 Å². The van der Waals surface area contributed by atoms with Gasteiger partial charge in [0.05, 0.1) is 5.25 Å². The maximum absolute atomic E-state index is 4.32. The Morgan fingerprint density at radius 2 is 2.33 bits per heavy atom. The van der Waals surface area contributed by atoms with Crippen molar-refractivity contribution in [1.29, 1.82) is 0 Å². The SMILES string of the molecule is Brc1nc(C2CSCCS2)ns1. The number of rotatable bonds is 1. The van der Waals surface area contributed by atoms with Crippen LogP contribution in [0.4, 0.5) is 0 Å². The molecule has 2 rings (SSSR count). The lowest BCUT2D eigenvalue weighted by Gasteiger charge is -2.17. The first-order valence-corrected chi connectivity index (χ1v) is 7.32. The fourth-order valence-electron chi connectivity index (χ4n) is 0.983. The van der Waals surface area contributed by atoms with Gasteiger partial charge >= 0.3 is 0 Å². The van der Waals surface area contributed by atoms with Gasteiger partial charge < -0.3 is 0 Å². The van der Waals surface area contributed by atoms with Crippen LogP contribution in [0.2, 0.25) is 0 Å². The van der Waals surface area contributed by atoms with Crippen LogP contribution in [0.25, 0.3) is 0 Å². The molecule has 6 heteroatoms. The van der Waals surface area contributed by atoms with E-state index in [-0.39, 0.29) is 0 Å². The molecule has 0 amide bonds. The van der Waals surface area contributed by atoms with E-state index in [9.17, 15) is 0 Å². The molecule has 1 saturated heterocycles. The van der Waals surface area contributed by atoms with Crippen molar-refractivity contribution in [3.05, 3.63) is 9.74 Å². The van der Waals surface area contributed by atoms with Gasteiger partial charge in [-0.25, -0.2) is 4.98 Å². The van der Waals surface area contributed by atoms with Gasteiger partial charge in [-0.05, 0) is 27.5 Å². The van der Waals surface area contributed by atoms with E-state index >= 15 is 0 Å². The summed E-state index contributed by atoms with van der Waals surface area (Å²) in [5, 5.41) is 0.520. The van der Waals surface area contributed by atoms with Crippen LogP contribution in [0.15, 0.2) is 3.92 Å². The molecular weight excluding hydrogens is 276 g/mol. The van der Waals surface area contributed by atoms with Crippen molar-refractivity contribution in [3.8, 4) is 0 Å². The molecule has 0 saturated carbocycles. The lowest BCUT2D eigenvalue weighted by molar-refractivity contribution is 0.972. The maximum Gasteiger partial charge on any atom is 0.179 e. The van der Waals surface area contributed by atoms with Gasteiger partial charge in [0.25, 0.3) is 0 Å². The number of aromatic nitrogens is 2. The second-order valence-electron chi connectivity index (χ2n) is 2.34. The Balaban J connectivity index is 2.08. The summed E-state index contributed by atoms with van der Waals surface area (Å²) >= 11 is 8.72. The fraction of sp³-hybridized carbons (Fsp3) is 0.667. The molecule has 12 heavy (non-hydrogen) atoms. The summed E-state index contributed by atoms with van der Waals surface area (Å²) in [4.78, 5) is 4.32. The normalized spacial score (nSPS) is 24.2. The van der Waals surface area contributed by atoms with Crippen molar-refractivity contribution in [3.63, 3.8) is 0 Å². The number of hydrogen-bond donors (Lipinski definition) is 0. The van der Waals surface area contributed by atoms with E-state index < -0.39 is 0 Å². The molecule has 1 aromatic rings. The Morgan fingerprint density at radius 3 is 2.92 bits per heavy atom. The summed E-state index contributed by atoms with van der Waals surface area (Å²) < 4.78 is 5.19. The van der Waals surface area contributed by atoms with Gasteiger partial charge in [0.1, 0.15) is 0 Å². The van der Waals surface area contributed by atoms with Gasteiger partial charge in [-0.1, -0.05) is 0 Å². The van der Waals surface area contributed by atoms with E-state index in [0.717, 1.165) is 15.5 Å². The van der Waals surface area contributed by atoms with Gasteiger partial charge in [-0.3, -0.25) is 0 Å². The van der Waals surface area contributed by atoms with Crippen LogP contribution in [0, 0.1) is 0 Å². The summed E-state index contributed by atoms with van der Waals surface area (Å²) in [7, 11) is 0. The van der Waals surface area contributed by atoms with Gasteiger partial charge in [0.15, 0.2) is 9.74 Å². The topological polar surface area (TPSA) is 25.8 Å². The predicted octanol–water partition coefficient (Wildman–Crippen LogP) is 2.82. The zero-order valence-electron chi connectivity index (χ0n) is 6.20. The van der Waals surface area contributed by atoms with Crippen LogP contribution in [0.1, 0.15) is 11.1 Å². The highest BCUT2D eigenvalue weighted by molar-refractivity contribution is 9.11. The van der Waals surface area contributed by atoms with Gasteiger partial charge in [-0.2, -0.15) is 16.1 Å². The van der Waals surface area contributed by atoms with Crippen molar-refractivity contribution in [2.45, 2.75) is 5.25 Å². The molecule has 1 aliphatic rings. The van der Waals surface area contributed by atoms with E-state index in [1.807, 2.05) is 23.5 Å². The first-order chi connectivity index (χ1) is 5.86. The average Bonchev–Trinajstić information content (AvgIpc) is 2.54. The van der Waals surface area contributed by atoms with Crippen molar-refractivity contribution in [1.82, 2.24) is 9.36 Å². The van der Waals surface area contributed by atoms with Crippen LogP contribution in [0.3, 0.4) is 0 Å². The van der Waals surface area contributed by atoms with Crippen LogP contribution in [-0.4, -0.2) is 26.6 Å². The lowest BCUT2D eigenvalue weighted by atomic mass is 10.4. The van der Waals surface area contributed by atoms with Gasteiger partial charge in [0, 0.05) is 17.3 Å². The third-order valence-corrected chi connectivity index (χ3v) is 5.40. The molecule has 1 atom stereocenters. The molecule has 0 N–H and O–H groups in total. The summed E-state index contributed by atoms with van der Waals surface area (Å²) in [6, 6.07) is 0. The number of hydrogen-bond acceptors (Lipinski definition) is 5. The molecule has 1 aromatic heterocycles. The smallest absolute Gasteiger partial charge is 0.179 e. The average molecular weight is 283 g/mol. The quantitative estimate of drug-likeness (QED) is 0.791. The first kappa shape index (κ1) is 9.30. The summed E-state index contributed by atoms with van der Waals surface area (Å²) in [5.41, 5.74) is 0. The summed E-state index contributed by atoms with van der Waals surface area (Å²) in [6.07, 6.45) is 0. The Labute approximate surface area is 92.2 Å². The third kappa shape index (κ3) is 2.16. The predicted molar refractivity (Wildman–Crippen MR) is 60.1 cm³/mol. The molecule has 0 aliphatic carbocycles. The largest absolute Gasteiger partial charge is 0.211 e. The standard InChI is InChI=1S/C6H7BrN2S3/c7-6-8-5(9-12-6)4-3-10-1-2-11-4/h4H,1-3H2. The van der Waals surface area contributed by atoms with E-state index in [0.29, 0.717) is 5.25 Å². The van der Waals surface area contributed by atoms with Crippen LogP contribution in [0.5, 0.6) is 0 Å². The molecule has 2 nitrogen and oxygen atoms in total. The number of nitrogens with zero attached hydrogens (tertiary/aromatic N) is 2.